The van der Waals surface area contributed by atoms with Gasteiger partial charge < -0.3 is 10.2 Å². The first kappa shape index (κ1) is 21.9. The van der Waals surface area contributed by atoms with E-state index in [1.807, 2.05) is 6.92 Å². The second kappa shape index (κ2) is 9.82. The summed E-state index contributed by atoms with van der Waals surface area (Å²) in [5, 5.41) is 3.03. The first-order valence-corrected chi connectivity index (χ1v) is 11.9. The van der Waals surface area contributed by atoms with Crippen molar-refractivity contribution in [1.29, 1.82) is 0 Å². The van der Waals surface area contributed by atoms with Gasteiger partial charge in [0, 0.05) is 6.54 Å². The lowest BCUT2D eigenvalue weighted by molar-refractivity contribution is -0.917. The molecule has 8 heteroatoms. The van der Waals surface area contributed by atoms with Gasteiger partial charge in [0.1, 0.15) is 5.82 Å². The van der Waals surface area contributed by atoms with Crippen molar-refractivity contribution in [1.82, 2.24) is 9.62 Å². The zero-order valence-corrected chi connectivity index (χ0v) is 17.8. The number of nitrogens with zero attached hydrogens (tertiary/aromatic N) is 1. The van der Waals surface area contributed by atoms with Crippen LogP contribution in [0.3, 0.4) is 0 Å². The number of carbonyl (C=O) groups excluding carboxylic acids is 1. The highest BCUT2D eigenvalue weighted by molar-refractivity contribution is 7.89. The summed E-state index contributed by atoms with van der Waals surface area (Å²) in [5.41, 5.74) is 1.44. The fraction of sp³-hybridized carbons (Fsp3) is 0.571. The van der Waals surface area contributed by atoms with E-state index in [4.69, 9.17) is 0 Å². The van der Waals surface area contributed by atoms with Gasteiger partial charge in [0.2, 0.25) is 10.0 Å². The molecule has 1 aliphatic carbocycles. The average molecular weight is 425 g/mol. The van der Waals surface area contributed by atoms with E-state index in [1.165, 1.54) is 34.9 Å². The number of rotatable bonds is 7. The van der Waals surface area contributed by atoms with Crippen LogP contribution in [0.2, 0.25) is 0 Å². The summed E-state index contributed by atoms with van der Waals surface area (Å²) in [6.45, 7) is 4.39. The fourth-order valence-corrected chi connectivity index (χ4v) is 5.46. The molecule has 1 saturated heterocycles. The molecule has 1 atom stereocenters. The van der Waals surface area contributed by atoms with E-state index in [1.54, 1.807) is 0 Å². The number of hydrogen-bond acceptors (Lipinski definition) is 3. The van der Waals surface area contributed by atoms with Crippen LogP contribution in [0.25, 0.3) is 0 Å². The monoisotopic (exact) mass is 424 g/mol. The molecule has 2 aliphatic rings. The minimum Gasteiger partial charge on any atom is -0.351 e. The lowest BCUT2D eigenvalue weighted by Gasteiger charge is -2.34. The van der Waals surface area contributed by atoms with Crippen LogP contribution >= 0.6 is 0 Å². The molecule has 0 unspecified atom stereocenters. The van der Waals surface area contributed by atoms with Gasteiger partial charge in [-0.05, 0) is 63.3 Å². The molecule has 160 valence electrons. The first-order chi connectivity index (χ1) is 13.9. The minimum absolute atomic E-state index is 0.0197. The fourth-order valence-electron chi connectivity index (χ4n) is 4.02. The van der Waals surface area contributed by atoms with E-state index in [2.05, 4.69) is 11.4 Å². The Kier molecular flexibility index (Phi) is 7.43. The quantitative estimate of drug-likeness (QED) is 0.645. The van der Waals surface area contributed by atoms with Gasteiger partial charge in [0.05, 0.1) is 31.1 Å². The Labute approximate surface area is 172 Å². The number of nitrogens with one attached hydrogen (secondary N) is 2. The highest BCUT2D eigenvalue weighted by atomic mass is 32.2. The third kappa shape index (κ3) is 5.65. The maximum Gasteiger partial charge on any atom is 0.278 e. The maximum absolute atomic E-state index is 13.1. The number of benzene rings is 1. The second-order valence-corrected chi connectivity index (χ2v) is 9.83. The van der Waals surface area contributed by atoms with E-state index in [9.17, 15) is 17.6 Å². The molecule has 1 aromatic carbocycles. The number of amides is 1. The van der Waals surface area contributed by atoms with E-state index >= 15 is 0 Å². The molecule has 0 aromatic heterocycles. The normalized spacial score (nSPS) is 20.1. The molecule has 1 heterocycles. The Morgan fingerprint density at radius 2 is 1.90 bits per heavy atom. The molecule has 6 nitrogen and oxygen atoms in total. The van der Waals surface area contributed by atoms with Crippen molar-refractivity contribution < 1.29 is 22.5 Å². The van der Waals surface area contributed by atoms with Crippen LogP contribution in [0, 0.1) is 5.82 Å². The highest BCUT2D eigenvalue weighted by Gasteiger charge is 2.34. The summed E-state index contributed by atoms with van der Waals surface area (Å²) >= 11 is 0. The Balaban J connectivity index is 1.47. The van der Waals surface area contributed by atoms with Crippen molar-refractivity contribution in [2.75, 3.05) is 32.7 Å². The van der Waals surface area contributed by atoms with Gasteiger partial charge in [-0.15, -0.1) is 0 Å². The molecule has 0 saturated carbocycles. The number of piperazine rings is 1. The highest BCUT2D eigenvalue weighted by Crippen LogP contribution is 2.19. The molecule has 0 spiro atoms. The molecular formula is C21H31FN3O3S+. The van der Waals surface area contributed by atoms with E-state index in [0.29, 0.717) is 32.7 Å². The predicted molar refractivity (Wildman–Crippen MR) is 109 cm³/mol. The number of hydrogen-bond donors (Lipinski definition) is 2. The van der Waals surface area contributed by atoms with Gasteiger partial charge in [-0.3, -0.25) is 4.79 Å². The van der Waals surface area contributed by atoms with Crippen LogP contribution in [0.15, 0.2) is 40.8 Å². The lowest BCUT2D eigenvalue weighted by atomic mass is 9.97. The third-order valence-electron chi connectivity index (χ3n) is 5.95. The number of halogens is 1. The number of carbonyl (C=O) groups is 1. The van der Waals surface area contributed by atoms with Crippen molar-refractivity contribution in [2.24, 2.45) is 0 Å². The molecular weight excluding hydrogens is 393 g/mol. The zero-order chi connectivity index (χ0) is 20.9. The van der Waals surface area contributed by atoms with Crippen molar-refractivity contribution in [3.05, 3.63) is 41.7 Å². The van der Waals surface area contributed by atoms with Gasteiger partial charge >= 0.3 is 0 Å². The molecule has 3 rings (SSSR count). The van der Waals surface area contributed by atoms with Gasteiger partial charge in [-0.1, -0.05) is 11.6 Å². The SMILES string of the molecule is C[C@H](C(=O)NCCC1=CCCCC1)[NH+]1CCN(S(=O)(=O)c2ccc(F)cc2)CC1. The van der Waals surface area contributed by atoms with E-state index < -0.39 is 15.8 Å². The lowest BCUT2D eigenvalue weighted by Crippen LogP contribution is -3.19. The molecule has 0 bridgehead atoms. The van der Waals surface area contributed by atoms with Crippen molar-refractivity contribution >= 4 is 15.9 Å². The summed E-state index contributed by atoms with van der Waals surface area (Å²) in [6.07, 6.45) is 8.00. The average Bonchev–Trinajstić information content (AvgIpc) is 2.74. The third-order valence-corrected chi connectivity index (χ3v) is 7.86. The molecule has 1 fully saturated rings. The molecule has 1 aromatic rings. The number of allylic oxidation sites excluding steroid dienone is 1. The van der Waals surface area contributed by atoms with Crippen LogP contribution in [0.1, 0.15) is 39.0 Å². The summed E-state index contributed by atoms with van der Waals surface area (Å²) in [6, 6.07) is 4.68. The topological polar surface area (TPSA) is 70.9 Å². The van der Waals surface area contributed by atoms with Gasteiger partial charge in [-0.2, -0.15) is 4.31 Å². The van der Waals surface area contributed by atoms with Gasteiger partial charge in [0.25, 0.3) is 5.91 Å². The smallest absolute Gasteiger partial charge is 0.278 e. The summed E-state index contributed by atoms with van der Waals surface area (Å²) < 4.78 is 39.9. The molecule has 29 heavy (non-hydrogen) atoms. The Hall–Kier alpha value is -1.77. The summed E-state index contributed by atoms with van der Waals surface area (Å²) in [5.74, 6) is -0.441. The Morgan fingerprint density at radius 1 is 1.21 bits per heavy atom. The predicted octanol–water partition coefficient (Wildman–Crippen LogP) is 1.11. The second-order valence-electron chi connectivity index (χ2n) is 7.89. The Morgan fingerprint density at radius 3 is 2.52 bits per heavy atom. The van der Waals surface area contributed by atoms with Gasteiger partial charge in [0.15, 0.2) is 6.04 Å². The summed E-state index contributed by atoms with van der Waals surface area (Å²) in [7, 11) is -3.63. The van der Waals surface area contributed by atoms with Crippen molar-refractivity contribution in [3.8, 4) is 0 Å². The van der Waals surface area contributed by atoms with Gasteiger partial charge in [-0.25, -0.2) is 12.8 Å². The summed E-state index contributed by atoms with van der Waals surface area (Å²) in [4.78, 5) is 13.7. The first-order valence-electron chi connectivity index (χ1n) is 10.4. The van der Waals surface area contributed by atoms with Crippen LogP contribution in [0.5, 0.6) is 0 Å². The minimum atomic E-state index is -3.63. The number of sulfonamides is 1. The standard InChI is InChI=1S/C21H30FN3O3S/c1-17(21(26)23-12-11-18-5-3-2-4-6-18)24-13-15-25(16-14-24)29(27,28)20-9-7-19(22)8-10-20/h5,7-10,17H,2-4,6,11-16H2,1H3,(H,23,26)/p+1/t17-/m1/s1. The molecule has 2 N–H and O–H groups in total. The maximum atomic E-state index is 13.1. The largest absolute Gasteiger partial charge is 0.351 e. The molecule has 1 aliphatic heterocycles. The molecule has 1 amide bonds. The number of quaternary nitrogens is 1. The van der Waals surface area contributed by atoms with Crippen molar-refractivity contribution in [3.63, 3.8) is 0 Å². The van der Waals surface area contributed by atoms with Crippen LogP contribution in [-0.2, 0) is 14.8 Å². The van der Waals surface area contributed by atoms with Crippen LogP contribution < -0.4 is 10.2 Å². The molecule has 0 radical (unpaired) electrons. The van der Waals surface area contributed by atoms with E-state index in [0.717, 1.165) is 36.3 Å². The zero-order valence-electron chi connectivity index (χ0n) is 17.0. The van der Waals surface area contributed by atoms with Crippen molar-refractivity contribution in [2.45, 2.75) is 50.0 Å². The Bertz CT molecular complexity index is 831. The van der Waals surface area contributed by atoms with Crippen LogP contribution in [-0.4, -0.2) is 57.4 Å². The van der Waals surface area contributed by atoms with E-state index in [-0.39, 0.29) is 16.8 Å². The van der Waals surface area contributed by atoms with Crippen LogP contribution in [0.4, 0.5) is 4.39 Å².